The van der Waals surface area contributed by atoms with Crippen molar-refractivity contribution in [3.8, 4) is 5.75 Å². The molecule has 0 bridgehead atoms. The van der Waals surface area contributed by atoms with E-state index in [0.29, 0.717) is 18.0 Å². The Balaban J connectivity index is 1.82. The number of anilines is 1. The smallest absolute Gasteiger partial charge is 0.264 e. The zero-order valence-electron chi connectivity index (χ0n) is 27.9. The van der Waals surface area contributed by atoms with Gasteiger partial charge in [0.15, 0.2) is 0 Å². The molecule has 248 valence electrons. The fraction of sp³-hybridized carbons (Fsp3) is 0.316. The Morgan fingerprint density at radius 3 is 2.11 bits per heavy atom. The van der Waals surface area contributed by atoms with Crippen molar-refractivity contribution in [2.24, 2.45) is 0 Å². The number of sulfonamides is 1. The molecule has 1 atom stereocenters. The molecule has 0 aliphatic carbocycles. The molecule has 0 saturated heterocycles. The fourth-order valence-electron chi connectivity index (χ4n) is 5.49. The molecule has 8 nitrogen and oxygen atoms in total. The van der Waals surface area contributed by atoms with Crippen LogP contribution in [0.3, 0.4) is 0 Å². The molecule has 0 spiro atoms. The van der Waals surface area contributed by atoms with E-state index in [-0.39, 0.29) is 23.8 Å². The van der Waals surface area contributed by atoms with Gasteiger partial charge in [0.1, 0.15) is 18.3 Å². The minimum Gasteiger partial charge on any atom is -0.497 e. The van der Waals surface area contributed by atoms with Crippen LogP contribution in [-0.2, 0) is 32.6 Å². The largest absolute Gasteiger partial charge is 0.497 e. The molecule has 0 heterocycles. The summed E-state index contributed by atoms with van der Waals surface area (Å²) in [6.45, 7) is 7.74. The highest BCUT2D eigenvalue weighted by Crippen LogP contribution is 2.27. The van der Waals surface area contributed by atoms with Gasteiger partial charge >= 0.3 is 0 Å². The van der Waals surface area contributed by atoms with Crippen LogP contribution in [0, 0.1) is 20.8 Å². The van der Waals surface area contributed by atoms with Crippen molar-refractivity contribution in [2.75, 3.05) is 24.5 Å². The molecule has 0 aliphatic heterocycles. The van der Waals surface area contributed by atoms with E-state index in [1.54, 1.807) is 43.5 Å². The Kier molecular flexibility index (Phi) is 12.2. The summed E-state index contributed by atoms with van der Waals surface area (Å²) in [4.78, 5) is 30.2. The van der Waals surface area contributed by atoms with Gasteiger partial charge in [-0.05, 0) is 85.8 Å². The number of amides is 2. The molecule has 9 heteroatoms. The van der Waals surface area contributed by atoms with Gasteiger partial charge < -0.3 is 15.0 Å². The minimum absolute atomic E-state index is 0.0694. The van der Waals surface area contributed by atoms with Crippen molar-refractivity contribution in [1.82, 2.24) is 10.2 Å². The number of unbranched alkanes of at least 4 members (excludes halogenated alkanes) is 1. The van der Waals surface area contributed by atoms with Crippen molar-refractivity contribution in [1.29, 1.82) is 0 Å². The molecule has 47 heavy (non-hydrogen) atoms. The molecule has 0 fully saturated rings. The Bertz CT molecular complexity index is 1740. The number of nitrogens with zero attached hydrogens (tertiary/aromatic N) is 2. The van der Waals surface area contributed by atoms with E-state index >= 15 is 0 Å². The molecule has 0 aromatic heterocycles. The zero-order chi connectivity index (χ0) is 34.0. The van der Waals surface area contributed by atoms with Gasteiger partial charge in [0.2, 0.25) is 11.8 Å². The Labute approximate surface area is 279 Å². The normalized spacial score (nSPS) is 11.9. The Morgan fingerprint density at radius 1 is 0.809 bits per heavy atom. The molecule has 0 saturated carbocycles. The number of hydrogen-bond donors (Lipinski definition) is 1. The van der Waals surface area contributed by atoms with Crippen molar-refractivity contribution in [3.05, 3.63) is 125 Å². The van der Waals surface area contributed by atoms with Gasteiger partial charge in [-0.15, -0.1) is 0 Å². The molecule has 0 aliphatic rings. The number of nitrogens with one attached hydrogen (secondary N) is 1. The van der Waals surface area contributed by atoms with Crippen LogP contribution in [0.5, 0.6) is 5.75 Å². The number of rotatable bonds is 15. The van der Waals surface area contributed by atoms with Crippen LogP contribution in [0.25, 0.3) is 0 Å². The van der Waals surface area contributed by atoms with Crippen molar-refractivity contribution in [3.63, 3.8) is 0 Å². The highest BCUT2D eigenvalue weighted by molar-refractivity contribution is 7.92. The predicted octanol–water partition coefficient (Wildman–Crippen LogP) is 6.37. The van der Waals surface area contributed by atoms with E-state index in [1.165, 1.54) is 4.90 Å². The summed E-state index contributed by atoms with van der Waals surface area (Å²) >= 11 is 0. The summed E-state index contributed by atoms with van der Waals surface area (Å²) in [6, 6.07) is 28.0. The number of aryl methyl sites for hydroxylation is 3. The van der Waals surface area contributed by atoms with Crippen LogP contribution in [0.15, 0.2) is 102 Å². The molecule has 4 aromatic rings. The molecule has 0 radical (unpaired) electrons. The second-order valence-electron chi connectivity index (χ2n) is 11.9. The summed E-state index contributed by atoms with van der Waals surface area (Å²) in [7, 11) is -2.61. The highest BCUT2D eigenvalue weighted by Gasteiger charge is 2.34. The maximum absolute atomic E-state index is 14.7. The first-order valence-corrected chi connectivity index (χ1v) is 17.4. The van der Waals surface area contributed by atoms with E-state index in [9.17, 15) is 18.0 Å². The second-order valence-corrected chi connectivity index (χ2v) is 13.8. The van der Waals surface area contributed by atoms with E-state index in [4.69, 9.17) is 4.74 Å². The summed E-state index contributed by atoms with van der Waals surface area (Å²) in [5.74, 6) is -0.187. The van der Waals surface area contributed by atoms with Crippen molar-refractivity contribution in [2.45, 2.75) is 64.4 Å². The average molecular weight is 656 g/mol. The monoisotopic (exact) mass is 655 g/mol. The van der Waals surface area contributed by atoms with Crippen LogP contribution in [0.1, 0.15) is 47.6 Å². The minimum atomic E-state index is -4.17. The maximum atomic E-state index is 14.7. The topological polar surface area (TPSA) is 96.0 Å². The lowest BCUT2D eigenvalue weighted by Crippen LogP contribution is -2.53. The maximum Gasteiger partial charge on any atom is 0.264 e. The van der Waals surface area contributed by atoms with Crippen molar-refractivity contribution < 1.29 is 22.7 Å². The summed E-state index contributed by atoms with van der Waals surface area (Å²) < 4.78 is 35.2. The second kappa shape index (κ2) is 16.3. The molecule has 4 aromatic carbocycles. The first-order valence-electron chi connectivity index (χ1n) is 15.9. The first kappa shape index (κ1) is 35.2. The predicted molar refractivity (Wildman–Crippen MR) is 187 cm³/mol. The van der Waals surface area contributed by atoms with E-state index in [1.807, 2.05) is 88.4 Å². The van der Waals surface area contributed by atoms with Gasteiger partial charge in [0, 0.05) is 19.5 Å². The summed E-state index contributed by atoms with van der Waals surface area (Å²) in [5.41, 5.74) is 4.65. The van der Waals surface area contributed by atoms with E-state index in [2.05, 4.69) is 5.32 Å². The molecule has 2 amide bonds. The van der Waals surface area contributed by atoms with Gasteiger partial charge in [-0.3, -0.25) is 13.9 Å². The lowest BCUT2D eigenvalue weighted by molar-refractivity contribution is -0.140. The van der Waals surface area contributed by atoms with Crippen LogP contribution in [-0.4, -0.2) is 51.4 Å². The lowest BCUT2D eigenvalue weighted by atomic mass is 10.0. The number of ether oxygens (including phenoxy) is 1. The van der Waals surface area contributed by atoms with Gasteiger partial charge in [-0.2, -0.15) is 0 Å². The third kappa shape index (κ3) is 9.45. The van der Waals surface area contributed by atoms with Crippen molar-refractivity contribution >= 4 is 27.5 Å². The van der Waals surface area contributed by atoms with Gasteiger partial charge in [0.05, 0.1) is 17.7 Å². The van der Waals surface area contributed by atoms with Crippen LogP contribution >= 0.6 is 0 Å². The highest BCUT2D eigenvalue weighted by atomic mass is 32.2. The number of carbonyl (C=O) groups excluding carboxylic acids is 2. The number of methoxy groups -OCH3 is 1. The third-order valence-corrected chi connectivity index (χ3v) is 9.76. The fourth-order valence-corrected chi connectivity index (χ4v) is 6.89. The summed E-state index contributed by atoms with van der Waals surface area (Å²) in [6.07, 6.45) is 1.95. The van der Waals surface area contributed by atoms with Gasteiger partial charge in [-0.1, -0.05) is 79.6 Å². The average Bonchev–Trinajstić information content (AvgIpc) is 3.05. The molecule has 1 unspecified atom stereocenters. The standard InChI is InChI=1S/C38H45N3O5S/c1-6-7-20-39-38(43)36(25-31-12-9-8-10-13-31)40(26-32-14-11-15-34(24-32)46-5)37(42)27-41(33-22-29(3)21-30(4)23-33)47(44,45)35-18-16-28(2)17-19-35/h8-19,21-24,36H,6-7,20,25-27H2,1-5H3,(H,39,43). The molecular formula is C38H45N3O5S. The number of benzene rings is 4. The van der Waals surface area contributed by atoms with Crippen LogP contribution in [0.4, 0.5) is 5.69 Å². The van der Waals surface area contributed by atoms with E-state index in [0.717, 1.165) is 45.0 Å². The lowest BCUT2D eigenvalue weighted by Gasteiger charge is -2.34. The SMILES string of the molecule is CCCCNC(=O)C(Cc1ccccc1)N(Cc1cccc(OC)c1)C(=O)CN(c1cc(C)cc(C)c1)S(=O)(=O)c1ccc(C)cc1. The molecule has 1 N–H and O–H groups in total. The zero-order valence-corrected chi connectivity index (χ0v) is 28.7. The van der Waals surface area contributed by atoms with Gasteiger partial charge in [0.25, 0.3) is 10.0 Å². The molecular weight excluding hydrogens is 611 g/mol. The first-order chi connectivity index (χ1) is 22.5. The van der Waals surface area contributed by atoms with Crippen LogP contribution in [0.2, 0.25) is 0 Å². The number of carbonyl (C=O) groups is 2. The third-order valence-electron chi connectivity index (χ3n) is 7.97. The van der Waals surface area contributed by atoms with E-state index < -0.39 is 28.5 Å². The quantitative estimate of drug-likeness (QED) is 0.150. The number of hydrogen-bond acceptors (Lipinski definition) is 5. The Morgan fingerprint density at radius 2 is 1.47 bits per heavy atom. The molecule has 4 rings (SSSR count). The summed E-state index contributed by atoms with van der Waals surface area (Å²) in [5, 5.41) is 3.02. The van der Waals surface area contributed by atoms with Crippen LogP contribution < -0.4 is 14.4 Å². The van der Waals surface area contributed by atoms with Gasteiger partial charge in [-0.25, -0.2) is 8.42 Å². The Hall–Kier alpha value is -4.63.